The van der Waals surface area contributed by atoms with Gasteiger partial charge in [0.1, 0.15) is 0 Å². The Morgan fingerprint density at radius 3 is 2.94 bits per heavy atom. The molecule has 7 nitrogen and oxygen atoms in total. The average molecular weight is 242 g/mol. The van der Waals surface area contributed by atoms with Gasteiger partial charge in [-0.2, -0.15) is 4.99 Å². The van der Waals surface area contributed by atoms with Crippen LogP contribution in [0.4, 0.5) is 0 Å². The van der Waals surface area contributed by atoms with E-state index in [0.29, 0.717) is 12.4 Å². The van der Waals surface area contributed by atoms with Gasteiger partial charge in [-0.15, -0.1) is 5.11 Å². The molecule has 1 aromatic carbocycles. The van der Waals surface area contributed by atoms with E-state index in [2.05, 4.69) is 31.1 Å². The Bertz CT molecular complexity index is 562. The molecule has 0 spiro atoms. The Labute approximate surface area is 103 Å². The smallest absolute Gasteiger partial charge is 0.261 e. The number of hydrogen-bond donors (Lipinski definition) is 2. The highest BCUT2D eigenvalue weighted by atomic mass is 16.2. The summed E-state index contributed by atoms with van der Waals surface area (Å²) in [7, 11) is 0. The first kappa shape index (κ1) is 10.6. The molecule has 7 heteroatoms. The topological polar surface area (TPSA) is 90.6 Å². The normalized spacial score (nSPS) is 23.3. The minimum absolute atomic E-state index is 0.263. The molecule has 0 fully saturated rings. The molecule has 2 N–H and O–H groups in total. The van der Waals surface area contributed by atoms with Crippen LogP contribution in [0.1, 0.15) is 5.56 Å². The third-order valence-electron chi connectivity index (χ3n) is 2.56. The SMILES string of the molecule is O=C1NC(=NCc2ccccc2)N=C2NN=NC12. The molecule has 0 radical (unpaired) electrons. The summed E-state index contributed by atoms with van der Waals surface area (Å²) in [5.74, 6) is 0.445. The van der Waals surface area contributed by atoms with Crippen molar-refractivity contribution in [3.05, 3.63) is 35.9 Å². The van der Waals surface area contributed by atoms with Crippen LogP contribution in [0.5, 0.6) is 0 Å². The molecule has 2 heterocycles. The summed E-state index contributed by atoms with van der Waals surface area (Å²) in [6.07, 6.45) is 0. The van der Waals surface area contributed by atoms with Gasteiger partial charge in [-0.1, -0.05) is 35.6 Å². The van der Waals surface area contributed by atoms with E-state index in [4.69, 9.17) is 0 Å². The maximum atomic E-state index is 11.6. The number of rotatable bonds is 2. The van der Waals surface area contributed by atoms with Gasteiger partial charge in [-0.3, -0.25) is 10.1 Å². The largest absolute Gasteiger partial charge is 0.292 e. The van der Waals surface area contributed by atoms with Crippen LogP contribution in [0.3, 0.4) is 0 Å². The van der Waals surface area contributed by atoms with Crippen molar-refractivity contribution < 1.29 is 4.79 Å². The van der Waals surface area contributed by atoms with Crippen LogP contribution in [0, 0.1) is 0 Å². The predicted octanol–water partition coefficient (Wildman–Crippen LogP) is 0.410. The Morgan fingerprint density at radius 2 is 2.11 bits per heavy atom. The molecule has 1 amide bonds. The van der Waals surface area contributed by atoms with E-state index in [9.17, 15) is 4.79 Å². The van der Waals surface area contributed by atoms with E-state index in [1.54, 1.807) is 0 Å². The van der Waals surface area contributed by atoms with Crippen molar-refractivity contribution in [1.29, 1.82) is 0 Å². The van der Waals surface area contributed by atoms with Gasteiger partial charge < -0.3 is 0 Å². The van der Waals surface area contributed by atoms with E-state index < -0.39 is 6.04 Å². The van der Waals surface area contributed by atoms with Gasteiger partial charge in [0.2, 0.25) is 12.0 Å². The Hall–Kier alpha value is -2.57. The number of carbonyl (C=O) groups excluding carboxylic acids is 1. The van der Waals surface area contributed by atoms with Crippen molar-refractivity contribution in [3.8, 4) is 0 Å². The number of aliphatic imine (C=N–C) groups is 2. The second-order valence-electron chi connectivity index (χ2n) is 3.84. The molecule has 0 bridgehead atoms. The highest BCUT2D eigenvalue weighted by Crippen LogP contribution is 2.07. The van der Waals surface area contributed by atoms with Crippen LogP contribution in [0.2, 0.25) is 0 Å². The first-order valence-corrected chi connectivity index (χ1v) is 5.46. The van der Waals surface area contributed by atoms with Gasteiger partial charge in [-0.25, -0.2) is 10.4 Å². The van der Waals surface area contributed by atoms with Crippen LogP contribution in [-0.2, 0) is 11.3 Å². The molecule has 2 aliphatic rings. The molecular formula is C11H10N6O. The van der Waals surface area contributed by atoms with E-state index in [-0.39, 0.29) is 11.9 Å². The van der Waals surface area contributed by atoms with Crippen molar-refractivity contribution in [1.82, 2.24) is 10.7 Å². The third kappa shape index (κ3) is 1.97. The zero-order chi connectivity index (χ0) is 12.4. The number of carbonyl (C=O) groups is 1. The van der Waals surface area contributed by atoms with Crippen molar-refractivity contribution >= 4 is 17.7 Å². The molecule has 0 saturated heterocycles. The van der Waals surface area contributed by atoms with Crippen LogP contribution < -0.4 is 10.7 Å². The molecule has 90 valence electrons. The summed E-state index contributed by atoms with van der Waals surface area (Å²) in [6.45, 7) is 0.464. The molecule has 3 rings (SSSR count). The number of amidine groups is 1. The first-order valence-electron chi connectivity index (χ1n) is 5.46. The fourth-order valence-corrected chi connectivity index (χ4v) is 1.66. The fraction of sp³-hybridized carbons (Fsp3) is 0.182. The van der Waals surface area contributed by atoms with Gasteiger partial charge in [0, 0.05) is 0 Å². The lowest BCUT2D eigenvalue weighted by Gasteiger charge is -2.14. The Morgan fingerprint density at radius 1 is 1.28 bits per heavy atom. The zero-order valence-electron chi connectivity index (χ0n) is 9.37. The van der Waals surface area contributed by atoms with Crippen LogP contribution in [0.15, 0.2) is 50.7 Å². The van der Waals surface area contributed by atoms with Crippen molar-refractivity contribution in [3.63, 3.8) is 0 Å². The second-order valence-corrected chi connectivity index (χ2v) is 3.84. The summed E-state index contributed by atoms with van der Waals surface area (Å²) in [6, 6.07) is 9.09. The van der Waals surface area contributed by atoms with Crippen LogP contribution >= 0.6 is 0 Å². The van der Waals surface area contributed by atoms with Gasteiger partial charge in [0.15, 0.2) is 5.84 Å². The van der Waals surface area contributed by atoms with Crippen molar-refractivity contribution in [2.45, 2.75) is 12.6 Å². The number of fused-ring (bicyclic) bond motifs is 1. The molecule has 18 heavy (non-hydrogen) atoms. The Balaban J connectivity index is 1.78. The molecule has 1 unspecified atom stereocenters. The first-order chi connectivity index (χ1) is 8.83. The molecule has 0 aromatic heterocycles. The molecule has 1 atom stereocenters. The van der Waals surface area contributed by atoms with Crippen molar-refractivity contribution in [2.75, 3.05) is 0 Å². The summed E-state index contributed by atoms with van der Waals surface area (Å²) in [4.78, 5) is 20.0. The summed E-state index contributed by atoms with van der Waals surface area (Å²) >= 11 is 0. The van der Waals surface area contributed by atoms with Crippen LogP contribution in [0.25, 0.3) is 0 Å². The van der Waals surface area contributed by atoms with Crippen LogP contribution in [-0.4, -0.2) is 23.7 Å². The zero-order valence-corrected chi connectivity index (χ0v) is 9.37. The van der Waals surface area contributed by atoms with E-state index >= 15 is 0 Å². The number of amides is 1. The van der Waals surface area contributed by atoms with E-state index in [0.717, 1.165) is 5.56 Å². The maximum absolute atomic E-state index is 11.6. The van der Waals surface area contributed by atoms with E-state index in [1.165, 1.54) is 0 Å². The molecule has 1 aromatic rings. The van der Waals surface area contributed by atoms with Gasteiger partial charge >= 0.3 is 0 Å². The predicted molar refractivity (Wildman–Crippen MR) is 64.9 cm³/mol. The lowest BCUT2D eigenvalue weighted by Crippen LogP contribution is -2.47. The Kier molecular flexibility index (Phi) is 2.56. The highest BCUT2D eigenvalue weighted by Gasteiger charge is 2.33. The number of nitrogens with zero attached hydrogens (tertiary/aromatic N) is 4. The second kappa shape index (κ2) is 4.36. The standard InChI is InChI=1S/C11H10N6O/c18-10-8-9(16-17-15-8)13-11(14-10)12-6-7-4-2-1-3-5-7/h1-5,8H,6H2,(H2,12,13,14,15,16,18). The van der Waals surface area contributed by atoms with Crippen molar-refractivity contribution in [2.24, 2.45) is 20.3 Å². The number of benzene rings is 1. The number of hydrogen-bond acceptors (Lipinski definition) is 5. The molecule has 0 aliphatic carbocycles. The van der Waals surface area contributed by atoms with Gasteiger partial charge in [0.25, 0.3) is 5.91 Å². The quantitative estimate of drug-likeness (QED) is 0.786. The number of nitrogens with one attached hydrogen (secondary N) is 2. The van der Waals surface area contributed by atoms with Gasteiger partial charge in [0.05, 0.1) is 6.54 Å². The highest BCUT2D eigenvalue weighted by molar-refractivity contribution is 6.20. The third-order valence-corrected chi connectivity index (χ3v) is 2.56. The molecule has 0 saturated carbocycles. The minimum Gasteiger partial charge on any atom is -0.292 e. The number of guanidine groups is 1. The monoisotopic (exact) mass is 242 g/mol. The fourth-order valence-electron chi connectivity index (χ4n) is 1.66. The van der Waals surface area contributed by atoms with Gasteiger partial charge in [-0.05, 0) is 5.56 Å². The minimum atomic E-state index is -0.652. The molecular weight excluding hydrogens is 232 g/mol. The molecule has 2 aliphatic heterocycles. The maximum Gasteiger partial charge on any atom is 0.261 e. The lowest BCUT2D eigenvalue weighted by molar-refractivity contribution is -0.119. The lowest BCUT2D eigenvalue weighted by atomic mass is 10.2. The summed E-state index contributed by atoms with van der Waals surface area (Å²) in [5, 5.41) is 9.85. The van der Waals surface area contributed by atoms with E-state index in [1.807, 2.05) is 30.3 Å². The summed E-state index contributed by atoms with van der Waals surface area (Å²) < 4.78 is 0. The summed E-state index contributed by atoms with van der Waals surface area (Å²) in [5.41, 5.74) is 3.64. The average Bonchev–Trinajstić information content (AvgIpc) is 2.86.